The van der Waals surface area contributed by atoms with Gasteiger partial charge < -0.3 is 32.9 Å². The number of nitrogens with one attached hydrogen (secondary N) is 2. The van der Waals surface area contributed by atoms with E-state index in [4.69, 9.17) is 17.2 Å². The first-order valence-electron chi connectivity index (χ1n) is 12.7. The maximum atomic E-state index is 14.9. The summed E-state index contributed by atoms with van der Waals surface area (Å²) in [6.07, 6.45) is -3.90. The summed E-state index contributed by atoms with van der Waals surface area (Å²) >= 11 is 0. The highest BCUT2D eigenvalue weighted by molar-refractivity contribution is 5.94. The van der Waals surface area contributed by atoms with Gasteiger partial charge >= 0.3 is 0 Å². The highest BCUT2D eigenvalue weighted by Gasteiger charge is 2.32. The van der Waals surface area contributed by atoms with Crippen molar-refractivity contribution in [3.8, 4) is 0 Å². The van der Waals surface area contributed by atoms with Gasteiger partial charge in [0, 0.05) is 24.3 Å². The number of amides is 3. The summed E-state index contributed by atoms with van der Waals surface area (Å²) in [4.78, 5) is 45.7. The minimum atomic E-state index is -3.31. The van der Waals surface area contributed by atoms with E-state index in [-0.39, 0.29) is 27.7 Å². The molecule has 3 amide bonds. The quantitative estimate of drug-likeness (QED) is 0.144. The monoisotopic (exact) mass is 587 g/mol. The predicted octanol–water partition coefficient (Wildman–Crippen LogP) is 1.51. The van der Waals surface area contributed by atoms with E-state index < -0.39 is 65.6 Å². The van der Waals surface area contributed by atoms with Gasteiger partial charge in [-0.3, -0.25) is 14.4 Å². The van der Waals surface area contributed by atoms with Gasteiger partial charge in [0.05, 0.1) is 11.2 Å². The summed E-state index contributed by atoms with van der Waals surface area (Å²) in [6.45, 7) is 3.08. The molecule has 9 N–H and O–H groups in total. The van der Waals surface area contributed by atoms with Gasteiger partial charge in [0.1, 0.15) is 17.8 Å². The van der Waals surface area contributed by atoms with Gasteiger partial charge in [0.15, 0.2) is 5.96 Å². The number of halogens is 3. The number of fused-ring (bicyclic) bond motifs is 1. The Morgan fingerprint density at radius 2 is 1.60 bits per heavy atom. The molecule has 0 radical (unpaired) electrons. The number of aromatic nitrogens is 1. The maximum Gasteiger partial charge on any atom is 0.272 e. The molecule has 3 rings (SSSR count). The van der Waals surface area contributed by atoms with E-state index in [9.17, 15) is 32.7 Å². The third-order valence-electron chi connectivity index (χ3n) is 6.23. The van der Waals surface area contributed by atoms with Crippen LogP contribution in [0.2, 0.25) is 0 Å². The molecular formula is C28H32F3N7O4. The molecule has 14 heteroatoms. The molecule has 3 unspecified atom stereocenters. The molecule has 3 atom stereocenters. The topological polar surface area (TPSA) is 199 Å². The lowest BCUT2D eigenvalue weighted by atomic mass is 9.94. The molecule has 0 aliphatic carbocycles. The first kappa shape index (κ1) is 31.8. The molecule has 0 spiro atoms. The third kappa shape index (κ3) is 7.72. The van der Waals surface area contributed by atoms with Crippen LogP contribution >= 0.6 is 0 Å². The number of rotatable bonds is 11. The van der Waals surface area contributed by atoms with E-state index in [2.05, 4.69) is 20.6 Å². The number of nitrogens with two attached hydrogens (primary N) is 3. The zero-order valence-electron chi connectivity index (χ0n) is 23.1. The number of aliphatic imine (C=N–C) groups is 1. The van der Waals surface area contributed by atoms with Crippen molar-refractivity contribution < 1.29 is 32.7 Å². The Labute approximate surface area is 239 Å². The standard InChI is InChI=1S/C28H32F3N7O4/c1-27(2,29)19-13-15(16-10-7-11-17(21(16)35-19)28(3,30)31)12-18(39)24(41)36-20(14-8-5-4-6-9-14)25(42)37-23(22(32)40)38-26(33)34/h4-11,13,18,20,23,39H,12H2,1-3H3,(H2,32,40)(H,36,41)(H,37,42)(H4,33,34,38). The van der Waals surface area contributed by atoms with E-state index in [1.54, 1.807) is 18.2 Å². The van der Waals surface area contributed by atoms with Crippen molar-refractivity contribution in [2.24, 2.45) is 22.2 Å². The number of nitrogens with zero attached hydrogens (tertiary/aromatic N) is 2. The molecule has 2 aromatic carbocycles. The SMILES string of the molecule is CC(C)(F)c1cc(CC(O)C(=O)NC(C(=O)NC(N=C(N)N)C(N)=O)c2ccccc2)c2cccc(C(C)(F)F)c2n1. The maximum absolute atomic E-state index is 14.9. The zero-order chi connectivity index (χ0) is 31.4. The molecule has 0 aliphatic heterocycles. The third-order valence-corrected chi connectivity index (χ3v) is 6.23. The Hall–Kier alpha value is -4.72. The van der Waals surface area contributed by atoms with Gasteiger partial charge in [0.2, 0.25) is 18.0 Å². The minimum absolute atomic E-state index is 0.172. The van der Waals surface area contributed by atoms with Crippen LogP contribution in [0.3, 0.4) is 0 Å². The van der Waals surface area contributed by atoms with Crippen LogP contribution in [0, 0.1) is 0 Å². The van der Waals surface area contributed by atoms with Crippen LogP contribution in [0.5, 0.6) is 0 Å². The van der Waals surface area contributed by atoms with Crippen molar-refractivity contribution in [2.45, 2.75) is 57.1 Å². The second-order valence-corrected chi connectivity index (χ2v) is 10.2. The molecule has 1 aromatic heterocycles. The van der Waals surface area contributed by atoms with Gasteiger partial charge in [-0.05, 0) is 31.0 Å². The summed E-state index contributed by atoms with van der Waals surface area (Å²) in [7, 11) is 0. The van der Waals surface area contributed by atoms with E-state index >= 15 is 0 Å². The summed E-state index contributed by atoms with van der Waals surface area (Å²) in [5.41, 5.74) is 13.5. The van der Waals surface area contributed by atoms with Gasteiger partial charge in [0.25, 0.3) is 11.8 Å². The second-order valence-electron chi connectivity index (χ2n) is 10.2. The summed E-state index contributed by atoms with van der Waals surface area (Å²) in [5.74, 6) is -6.88. The van der Waals surface area contributed by atoms with Crippen LogP contribution in [0.15, 0.2) is 59.6 Å². The van der Waals surface area contributed by atoms with Crippen LogP contribution in [0.1, 0.15) is 49.2 Å². The first-order valence-corrected chi connectivity index (χ1v) is 12.7. The van der Waals surface area contributed by atoms with Crippen LogP contribution in [-0.4, -0.2) is 46.0 Å². The number of para-hydroxylation sites is 1. The van der Waals surface area contributed by atoms with Crippen molar-refractivity contribution in [3.05, 3.63) is 77.0 Å². The average Bonchev–Trinajstić information content (AvgIpc) is 2.89. The number of benzene rings is 2. The number of alkyl halides is 3. The van der Waals surface area contributed by atoms with Crippen molar-refractivity contribution >= 4 is 34.6 Å². The van der Waals surface area contributed by atoms with Crippen molar-refractivity contribution in [1.29, 1.82) is 0 Å². The van der Waals surface area contributed by atoms with Crippen molar-refractivity contribution in [1.82, 2.24) is 15.6 Å². The number of carbonyl (C=O) groups excluding carboxylic acids is 3. The number of guanidine groups is 1. The number of aliphatic hydroxyl groups excluding tert-OH is 1. The number of carbonyl (C=O) groups is 3. The van der Waals surface area contributed by atoms with Crippen molar-refractivity contribution in [3.63, 3.8) is 0 Å². The lowest BCUT2D eigenvalue weighted by Crippen LogP contribution is -2.50. The van der Waals surface area contributed by atoms with Crippen molar-refractivity contribution in [2.75, 3.05) is 0 Å². The van der Waals surface area contributed by atoms with Gasteiger partial charge in [-0.2, -0.15) is 0 Å². The summed E-state index contributed by atoms with van der Waals surface area (Å²) < 4.78 is 43.7. The highest BCUT2D eigenvalue weighted by atomic mass is 19.3. The van der Waals surface area contributed by atoms with Crippen LogP contribution in [-0.2, 0) is 32.4 Å². The first-order chi connectivity index (χ1) is 19.5. The molecule has 42 heavy (non-hydrogen) atoms. The molecule has 1 heterocycles. The fourth-order valence-corrected chi connectivity index (χ4v) is 4.17. The summed E-state index contributed by atoms with van der Waals surface area (Å²) in [6, 6.07) is 11.7. The van der Waals surface area contributed by atoms with Crippen LogP contribution < -0.4 is 27.8 Å². The Morgan fingerprint density at radius 1 is 0.952 bits per heavy atom. The average molecular weight is 588 g/mol. The number of hydrogen-bond donors (Lipinski definition) is 6. The number of hydrogen-bond acceptors (Lipinski definition) is 6. The van der Waals surface area contributed by atoms with Gasteiger partial charge in [-0.25, -0.2) is 23.1 Å². The van der Waals surface area contributed by atoms with Crippen LogP contribution in [0.4, 0.5) is 13.2 Å². The number of primary amides is 1. The van der Waals surface area contributed by atoms with E-state index in [0.29, 0.717) is 6.92 Å². The fourth-order valence-electron chi connectivity index (χ4n) is 4.17. The second kappa shape index (κ2) is 12.4. The Balaban J connectivity index is 1.97. The van der Waals surface area contributed by atoms with Gasteiger partial charge in [-0.1, -0.05) is 48.5 Å². The Morgan fingerprint density at radius 3 is 2.14 bits per heavy atom. The zero-order valence-corrected chi connectivity index (χ0v) is 23.1. The molecule has 0 aliphatic rings. The lowest BCUT2D eigenvalue weighted by molar-refractivity contribution is -0.135. The Bertz CT molecular complexity index is 1500. The smallest absolute Gasteiger partial charge is 0.272 e. The van der Waals surface area contributed by atoms with Gasteiger partial charge in [-0.15, -0.1) is 0 Å². The highest BCUT2D eigenvalue weighted by Crippen LogP contribution is 2.36. The molecule has 11 nitrogen and oxygen atoms in total. The molecular weight excluding hydrogens is 555 g/mol. The minimum Gasteiger partial charge on any atom is -0.383 e. The molecule has 0 saturated heterocycles. The normalized spacial score (nSPS) is 14.0. The molecule has 0 fully saturated rings. The molecule has 0 bridgehead atoms. The number of aliphatic hydroxyl groups is 1. The molecule has 0 saturated carbocycles. The largest absolute Gasteiger partial charge is 0.383 e. The fraction of sp³-hybridized carbons (Fsp3) is 0.321. The van der Waals surface area contributed by atoms with E-state index in [1.165, 1.54) is 50.2 Å². The van der Waals surface area contributed by atoms with E-state index in [0.717, 1.165) is 0 Å². The molecule has 3 aromatic rings. The lowest BCUT2D eigenvalue weighted by Gasteiger charge is -2.23. The number of pyridine rings is 1. The summed E-state index contributed by atoms with van der Waals surface area (Å²) in [5, 5.41) is 15.7. The predicted molar refractivity (Wildman–Crippen MR) is 149 cm³/mol. The molecule has 224 valence electrons. The van der Waals surface area contributed by atoms with Crippen LogP contribution in [0.25, 0.3) is 10.9 Å². The Kier molecular flexibility index (Phi) is 9.41. The van der Waals surface area contributed by atoms with E-state index in [1.807, 2.05) is 0 Å².